The zero-order valence-electron chi connectivity index (χ0n) is 19.8. The van der Waals surface area contributed by atoms with Crippen LogP contribution in [0.3, 0.4) is 0 Å². The van der Waals surface area contributed by atoms with Crippen LogP contribution < -0.4 is 16.4 Å². The second kappa shape index (κ2) is 13.2. The third kappa shape index (κ3) is 7.33. The molecule has 0 spiro atoms. The first-order chi connectivity index (χ1) is 16.2. The van der Waals surface area contributed by atoms with Crippen molar-refractivity contribution in [3.8, 4) is 0 Å². The molecule has 11 heteroatoms. The second-order valence-electron chi connectivity index (χ2n) is 8.79. The molecule has 0 fully saturated rings. The lowest BCUT2D eigenvalue weighted by Crippen LogP contribution is -2.36. The SMILES string of the molecule is CNC(=O)C[C@@H](C)CCNC(=O)C(COP=O)CC(C)CCN1C(=O)c2cccc(N)c2C1=O. The third-order valence-electron chi connectivity index (χ3n) is 6.01. The molecule has 0 bridgehead atoms. The Kier molecular flexibility index (Phi) is 10.6. The molecule has 4 amide bonds. The highest BCUT2D eigenvalue weighted by molar-refractivity contribution is 7.17. The quantitative estimate of drug-likeness (QED) is 0.205. The zero-order chi connectivity index (χ0) is 25.3. The van der Waals surface area contributed by atoms with E-state index in [0.717, 1.165) is 0 Å². The first-order valence-corrected chi connectivity index (χ1v) is 12.1. The summed E-state index contributed by atoms with van der Waals surface area (Å²) in [4.78, 5) is 50.6. The maximum Gasteiger partial charge on any atom is 0.327 e. The maximum atomic E-state index is 12.7. The molecule has 34 heavy (non-hydrogen) atoms. The maximum absolute atomic E-state index is 12.7. The van der Waals surface area contributed by atoms with Gasteiger partial charge in [0.15, 0.2) is 0 Å². The minimum absolute atomic E-state index is 0.0153. The summed E-state index contributed by atoms with van der Waals surface area (Å²) >= 11 is 0. The Hall–Kier alpha value is -2.84. The van der Waals surface area contributed by atoms with E-state index in [1.54, 1.807) is 25.2 Å². The number of amides is 4. The van der Waals surface area contributed by atoms with Crippen LogP contribution in [0.5, 0.6) is 0 Å². The highest BCUT2D eigenvalue weighted by atomic mass is 31.1. The second-order valence-corrected chi connectivity index (χ2v) is 9.20. The molecule has 0 radical (unpaired) electrons. The van der Waals surface area contributed by atoms with Crippen molar-refractivity contribution in [3.63, 3.8) is 0 Å². The van der Waals surface area contributed by atoms with Gasteiger partial charge in [0.05, 0.1) is 23.7 Å². The highest BCUT2D eigenvalue weighted by Gasteiger charge is 2.37. The average molecular weight is 493 g/mol. The van der Waals surface area contributed by atoms with Crippen LogP contribution in [0.4, 0.5) is 5.69 Å². The van der Waals surface area contributed by atoms with Crippen molar-refractivity contribution in [3.05, 3.63) is 29.3 Å². The molecule has 10 nitrogen and oxygen atoms in total. The fourth-order valence-corrected chi connectivity index (χ4v) is 4.23. The molecule has 1 aromatic rings. The van der Waals surface area contributed by atoms with Crippen molar-refractivity contribution < 1.29 is 28.3 Å². The normalized spacial score (nSPS) is 15.7. The van der Waals surface area contributed by atoms with Crippen molar-refractivity contribution in [2.75, 3.05) is 32.5 Å². The van der Waals surface area contributed by atoms with Gasteiger partial charge >= 0.3 is 8.69 Å². The molecule has 3 atom stereocenters. The van der Waals surface area contributed by atoms with Gasteiger partial charge in [-0.3, -0.25) is 28.6 Å². The van der Waals surface area contributed by atoms with E-state index in [4.69, 9.17) is 10.3 Å². The van der Waals surface area contributed by atoms with Crippen LogP contribution in [0.25, 0.3) is 0 Å². The molecule has 1 aromatic carbocycles. The Balaban J connectivity index is 1.87. The molecule has 2 unspecified atom stereocenters. The van der Waals surface area contributed by atoms with Gasteiger partial charge in [0.2, 0.25) is 11.8 Å². The Labute approximate surface area is 201 Å². The van der Waals surface area contributed by atoms with E-state index in [1.807, 2.05) is 13.8 Å². The molecular formula is C23H33N4O6P. The van der Waals surface area contributed by atoms with Gasteiger partial charge in [0, 0.05) is 32.2 Å². The number of nitrogen functional groups attached to an aromatic ring is 1. The number of rotatable bonds is 14. The summed E-state index contributed by atoms with van der Waals surface area (Å²) in [6, 6.07) is 4.82. The first kappa shape index (κ1) is 27.4. The number of hydrogen-bond acceptors (Lipinski definition) is 7. The van der Waals surface area contributed by atoms with Crippen molar-refractivity contribution in [1.29, 1.82) is 0 Å². The predicted molar refractivity (Wildman–Crippen MR) is 127 cm³/mol. The van der Waals surface area contributed by atoms with Crippen molar-refractivity contribution in [2.24, 2.45) is 17.8 Å². The van der Waals surface area contributed by atoms with Crippen LogP contribution >= 0.6 is 8.69 Å². The smallest absolute Gasteiger partial charge is 0.327 e. The van der Waals surface area contributed by atoms with E-state index in [-0.39, 0.29) is 54.0 Å². The summed E-state index contributed by atoms with van der Waals surface area (Å²) in [5.41, 5.74) is 6.70. The Morgan fingerprint density at radius 1 is 1.15 bits per heavy atom. The molecular weight excluding hydrogens is 459 g/mol. The Morgan fingerprint density at radius 2 is 1.88 bits per heavy atom. The van der Waals surface area contributed by atoms with Gasteiger partial charge in [-0.05, 0) is 43.2 Å². The van der Waals surface area contributed by atoms with Gasteiger partial charge < -0.3 is 16.4 Å². The molecule has 1 aliphatic rings. The lowest BCUT2D eigenvalue weighted by molar-refractivity contribution is -0.126. The number of carbonyl (C=O) groups excluding carboxylic acids is 4. The lowest BCUT2D eigenvalue weighted by Gasteiger charge is -2.22. The summed E-state index contributed by atoms with van der Waals surface area (Å²) in [6.07, 6.45) is 1.95. The van der Waals surface area contributed by atoms with Gasteiger partial charge in [-0.15, -0.1) is 0 Å². The first-order valence-electron chi connectivity index (χ1n) is 11.4. The number of nitrogens with one attached hydrogen (secondary N) is 2. The van der Waals surface area contributed by atoms with Crippen LogP contribution in [-0.2, 0) is 18.7 Å². The summed E-state index contributed by atoms with van der Waals surface area (Å²) in [6.45, 7) is 4.46. The number of anilines is 1. The van der Waals surface area contributed by atoms with E-state index < -0.39 is 20.5 Å². The number of fused-ring (bicyclic) bond motifs is 1. The van der Waals surface area contributed by atoms with Crippen LogP contribution in [0.1, 0.15) is 60.2 Å². The van der Waals surface area contributed by atoms with Crippen LogP contribution in [0, 0.1) is 17.8 Å². The van der Waals surface area contributed by atoms with Crippen LogP contribution in [0.2, 0.25) is 0 Å². The van der Waals surface area contributed by atoms with Gasteiger partial charge in [-0.1, -0.05) is 19.9 Å². The number of nitrogens with zero attached hydrogens (tertiary/aromatic N) is 1. The molecule has 4 N–H and O–H groups in total. The van der Waals surface area contributed by atoms with E-state index in [9.17, 15) is 23.7 Å². The number of carbonyl (C=O) groups is 4. The number of hydrogen-bond donors (Lipinski definition) is 3. The van der Waals surface area contributed by atoms with Crippen molar-refractivity contribution >= 4 is 38.0 Å². The van der Waals surface area contributed by atoms with Gasteiger partial charge in [0.25, 0.3) is 11.8 Å². The predicted octanol–water partition coefficient (Wildman–Crippen LogP) is 2.40. The topological polar surface area (TPSA) is 148 Å². The van der Waals surface area contributed by atoms with Crippen LogP contribution in [-0.4, -0.2) is 55.3 Å². The van der Waals surface area contributed by atoms with Gasteiger partial charge in [-0.2, -0.15) is 0 Å². The molecule has 0 aromatic heterocycles. The molecule has 0 saturated carbocycles. The molecule has 2 rings (SSSR count). The van der Waals surface area contributed by atoms with E-state index in [1.165, 1.54) is 4.90 Å². The molecule has 0 aliphatic carbocycles. The fourth-order valence-electron chi connectivity index (χ4n) is 3.99. The summed E-state index contributed by atoms with van der Waals surface area (Å²) in [5, 5.41) is 5.44. The summed E-state index contributed by atoms with van der Waals surface area (Å²) in [7, 11) is 1.08. The van der Waals surface area contributed by atoms with Gasteiger partial charge in [-0.25, -0.2) is 4.57 Å². The minimum atomic E-state index is -0.538. The highest BCUT2D eigenvalue weighted by Crippen LogP contribution is 2.28. The number of nitrogens with two attached hydrogens (primary N) is 1. The van der Waals surface area contributed by atoms with E-state index >= 15 is 0 Å². The molecule has 1 aliphatic heterocycles. The minimum Gasteiger partial charge on any atom is -0.398 e. The van der Waals surface area contributed by atoms with Crippen molar-refractivity contribution in [1.82, 2.24) is 15.5 Å². The number of benzene rings is 1. The van der Waals surface area contributed by atoms with Crippen molar-refractivity contribution in [2.45, 2.75) is 39.5 Å². The molecule has 0 saturated heterocycles. The Morgan fingerprint density at radius 3 is 2.53 bits per heavy atom. The molecule has 186 valence electrons. The summed E-state index contributed by atoms with van der Waals surface area (Å²) in [5.74, 6) is -1.49. The van der Waals surface area contributed by atoms with Gasteiger partial charge in [0.1, 0.15) is 0 Å². The number of imide groups is 1. The molecule has 1 heterocycles. The average Bonchev–Trinajstić information content (AvgIpc) is 3.05. The zero-order valence-corrected chi connectivity index (χ0v) is 20.7. The standard InChI is InChI=1S/C23H33N4O6P/c1-14(12-19(28)25-3)7-9-26-21(29)16(13-33-34-32)11-15(2)8-10-27-22(30)17-5-4-6-18(24)20(17)23(27)31/h4-6,14-16H,7-13,24H2,1-3H3,(H,25,28)(H,26,29)/t14-,15?,16?/m0/s1. The fraction of sp³-hybridized carbons (Fsp3) is 0.565. The van der Waals surface area contributed by atoms with Crippen LogP contribution in [0.15, 0.2) is 18.2 Å². The monoisotopic (exact) mass is 492 g/mol. The third-order valence-corrected chi connectivity index (χ3v) is 6.27. The Bertz CT molecular complexity index is 925. The largest absolute Gasteiger partial charge is 0.398 e. The lowest BCUT2D eigenvalue weighted by atomic mass is 9.93. The summed E-state index contributed by atoms with van der Waals surface area (Å²) < 4.78 is 15.7. The van der Waals surface area contributed by atoms with E-state index in [0.29, 0.717) is 37.8 Å². The van der Waals surface area contributed by atoms with E-state index in [2.05, 4.69) is 10.6 Å².